The number of methoxy groups -OCH3 is 1. The number of carbonyl (C=O) groups is 2. The van der Waals surface area contributed by atoms with Crippen molar-refractivity contribution in [2.75, 3.05) is 18.0 Å². The molecular weight excluding hydrogens is 585 g/mol. The van der Waals surface area contributed by atoms with Crippen molar-refractivity contribution in [2.24, 2.45) is 0 Å². The quantitative estimate of drug-likeness (QED) is 0.299. The SMILES string of the molecule is COc1ccc(S(=O)(=O)N(CC(=O)N(Cc2ccc(Cl)cc2)C(C)C(=O)NC2CCCC2)c2ccc(Cl)cc2)cc1. The van der Waals surface area contributed by atoms with Crippen LogP contribution in [0, 0.1) is 0 Å². The van der Waals surface area contributed by atoms with Gasteiger partial charge in [0.15, 0.2) is 0 Å². The maximum atomic E-state index is 14.0. The van der Waals surface area contributed by atoms with E-state index in [2.05, 4.69) is 5.32 Å². The van der Waals surface area contributed by atoms with Crippen molar-refractivity contribution in [2.45, 2.75) is 56.1 Å². The molecular formula is C30H33Cl2N3O5S. The summed E-state index contributed by atoms with van der Waals surface area (Å²) in [7, 11) is -2.71. The van der Waals surface area contributed by atoms with E-state index in [1.807, 2.05) is 0 Å². The Labute approximate surface area is 251 Å². The molecule has 1 saturated carbocycles. The average Bonchev–Trinajstić information content (AvgIpc) is 3.48. The van der Waals surface area contributed by atoms with E-state index in [4.69, 9.17) is 27.9 Å². The van der Waals surface area contributed by atoms with Crippen molar-refractivity contribution in [3.63, 3.8) is 0 Å². The normalized spacial score (nSPS) is 14.3. The van der Waals surface area contributed by atoms with Gasteiger partial charge in [0.1, 0.15) is 18.3 Å². The van der Waals surface area contributed by atoms with E-state index in [1.165, 1.54) is 48.4 Å². The molecule has 3 aromatic carbocycles. The Morgan fingerprint density at radius 1 is 0.927 bits per heavy atom. The highest BCUT2D eigenvalue weighted by Crippen LogP contribution is 2.27. The minimum atomic E-state index is -4.19. The van der Waals surface area contributed by atoms with E-state index in [-0.39, 0.29) is 29.1 Å². The van der Waals surface area contributed by atoms with E-state index in [0.29, 0.717) is 15.8 Å². The van der Waals surface area contributed by atoms with E-state index in [1.54, 1.807) is 43.3 Å². The molecule has 0 bridgehead atoms. The van der Waals surface area contributed by atoms with Crippen LogP contribution >= 0.6 is 23.2 Å². The lowest BCUT2D eigenvalue weighted by atomic mass is 10.1. The predicted octanol–water partition coefficient (Wildman–Crippen LogP) is 5.67. The van der Waals surface area contributed by atoms with Gasteiger partial charge in [-0.05, 0) is 86.0 Å². The molecule has 41 heavy (non-hydrogen) atoms. The van der Waals surface area contributed by atoms with Gasteiger partial charge in [0.2, 0.25) is 11.8 Å². The maximum absolute atomic E-state index is 14.0. The smallest absolute Gasteiger partial charge is 0.264 e. The lowest BCUT2D eigenvalue weighted by Crippen LogP contribution is -2.52. The molecule has 0 aliphatic heterocycles. The lowest BCUT2D eigenvalue weighted by Gasteiger charge is -2.32. The number of amides is 2. The second kappa shape index (κ2) is 13.6. The molecule has 2 amide bonds. The molecule has 1 aliphatic carbocycles. The van der Waals surface area contributed by atoms with Gasteiger partial charge in [-0.15, -0.1) is 0 Å². The molecule has 11 heteroatoms. The van der Waals surface area contributed by atoms with Gasteiger partial charge in [0.05, 0.1) is 17.7 Å². The number of hydrogen-bond acceptors (Lipinski definition) is 5. The van der Waals surface area contributed by atoms with Crippen LogP contribution < -0.4 is 14.4 Å². The molecule has 1 N–H and O–H groups in total. The molecule has 1 aliphatic rings. The molecule has 3 aromatic rings. The third-order valence-corrected chi connectivity index (χ3v) is 9.47. The summed E-state index contributed by atoms with van der Waals surface area (Å²) in [6, 6.07) is 18.3. The molecule has 1 fully saturated rings. The molecule has 0 heterocycles. The van der Waals surface area contributed by atoms with Crippen LogP contribution in [0.5, 0.6) is 5.75 Å². The van der Waals surface area contributed by atoms with E-state index < -0.39 is 28.5 Å². The van der Waals surface area contributed by atoms with Gasteiger partial charge < -0.3 is 15.0 Å². The Hall–Kier alpha value is -3.27. The average molecular weight is 619 g/mol. The zero-order valence-corrected chi connectivity index (χ0v) is 25.3. The summed E-state index contributed by atoms with van der Waals surface area (Å²) in [6.07, 6.45) is 3.89. The summed E-state index contributed by atoms with van der Waals surface area (Å²) in [5.74, 6) is -0.328. The highest BCUT2D eigenvalue weighted by atomic mass is 35.5. The summed E-state index contributed by atoms with van der Waals surface area (Å²) in [5.41, 5.74) is 1.01. The second-order valence-corrected chi connectivity index (χ2v) is 12.7. The summed E-state index contributed by atoms with van der Waals surface area (Å²) in [4.78, 5) is 28.7. The number of nitrogens with zero attached hydrogens (tertiary/aromatic N) is 2. The van der Waals surface area contributed by atoms with Crippen molar-refractivity contribution in [1.82, 2.24) is 10.2 Å². The Morgan fingerprint density at radius 3 is 2.05 bits per heavy atom. The van der Waals surface area contributed by atoms with Crippen molar-refractivity contribution in [3.05, 3.63) is 88.4 Å². The predicted molar refractivity (Wildman–Crippen MR) is 161 cm³/mol. The van der Waals surface area contributed by atoms with Crippen molar-refractivity contribution >= 4 is 50.7 Å². The third kappa shape index (κ3) is 7.72. The molecule has 0 spiro atoms. The Balaban J connectivity index is 1.67. The summed E-state index contributed by atoms with van der Waals surface area (Å²) in [5, 5.41) is 4.01. The van der Waals surface area contributed by atoms with Crippen LogP contribution in [-0.4, -0.2) is 50.9 Å². The van der Waals surface area contributed by atoms with Crippen molar-refractivity contribution in [3.8, 4) is 5.75 Å². The van der Waals surface area contributed by atoms with Crippen LogP contribution in [0.2, 0.25) is 10.0 Å². The van der Waals surface area contributed by atoms with Gasteiger partial charge in [-0.2, -0.15) is 0 Å². The van der Waals surface area contributed by atoms with Gasteiger partial charge in [-0.3, -0.25) is 13.9 Å². The van der Waals surface area contributed by atoms with Gasteiger partial charge in [0, 0.05) is 22.6 Å². The number of ether oxygens (including phenoxy) is 1. The lowest BCUT2D eigenvalue weighted by molar-refractivity contribution is -0.139. The van der Waals surface area contributed by atoms with Crippen LogP contribution in [0.25, 0.3) is 0 Å². The fourth-order valence-electron chi connectivity index (χ4n) is 4.77. The minimum Gasteiger partial charge on any atom is -0.497 e. The van der Waals surface area contributed by atoms with Crippen molar-refractivity contribution in [1.29, 1.82) is 0 Å². The van der Waals surface area contributed by atoms with Gasteiger partial charge >= 0.3 is 0 Å². The van der Waals surface area contributed by atoms with Gasteiger partial charge in [-0.1, -0.05) is 48.2 Å². The monoisotopic (exact) mass is 617 g/mol. The van der Waals surface area contributed by atoms with Crippen LogP contribution in [-0.2, 0) is 26.2 Å². The first-order valence-electron chi connectivity index (χ1n) is 13.3. The summed E-state index contributed by atoms with van der Waals surface area (Å²) < 4.78 is 34.0. The molecule has 0 aromatic heterocycles. The number of anilines is 1. The molecule has 0 saturated heterocycles. The molecule has 8 nitrogen and oxygen atoms in total. The highest BCUT2D eigenvalue weighted by Gasteiger charge is 2.33. The van der Waals surface area contributed by atoms with Crippen LogP contribution in [0.3, 0.4) is 0 Å². The zero-order chi connectivity index (χ0) is 29.6. The topological polar surface area (TPSA) is 96.0 Å². The minimum absolute atomic E-state index is 0.0164. The standard InChI is InChI=1S/C30H33Cl2N3O5S/c1-21(30(37)33-25-5-3-4-6-25)34(19-22-7-9-23(31)10-8-22)29(36)20-35(26-13-11-24(32)12-14-26)41(38,39)28-17-15-27(40-2)16-18-28/h7-18,21,25H,3-6,19-20H2,1-2H3,(H,33,37). The van der Waals surface area contributed by atoms with E-state index >= 15 is 0 Å². The number of rotatable bonds is 11. The van der Waals surface area contributed by atoms with Crippen LogP contribution in [0.4, 0.5) is 5.69 Å². The van der Waals surface area contributed by atoms with Gasteiger partial charge in [-0.25, -0.2) is 8.42 Å². The Kier molecular flexibility index (Phi) is 10.2. The first-order valence-corrected chi connectivity index (χ1v) is 15.5. The summed E-state index contributed by atoms with van der Waals surface area (Å²) in [6.45, 7) is 1.21. The van der Waals surface area contributed by atoms with Crippen LogP contribution in [0.1, 0.15) is 38.2 Å². The van der Waals surface area contributed by atoms with E-state index in [0.717, 1.165) is 35.6 Å². The maximum Gasteiger partial charge on any atom is 0.264 e. The number of carbonyl (C=O) groups excluding carboxylic acids is 2. The molecule has 0 radical (unpaired) electrons. The molecule has 4 rings (SSSR count). The zero-order valence-electron chi connectivity index (χ0n) is 22.9. The number of nitrogens with one attached hydrogen (secondary N) is 1. The fourth-order valence-corrected chi connectivity index (χ4v) is 6.44. The second-order valence-electron chi connectivity index (χ2n) is 9.98. The molecule has 1 unspecified atom stereocenters. The number of sulfonamides is 1. The first kappa shape index (κ1) is 30.7. The number of hydrogen-bond donors (Lipinski definition) is 1. The largest absolute Gasteiger partial charge is 0.497 e. The number of halogens is 2. The Morgan fingerprint density at radius 2 is 1.49 bits per heavy atom. The van der Waals surface area contributed by atoms with Gasteiger partial charge in [0.25, 0.3) is 10.0 Å². The number of benzene rings is 3. The molecule has 1 atom stereocenters. The Bertz CT molecular complexity index is 1440. The first-order chi connectivity index (χ1) is 19.6. The van der Waals surface area contributed by atoms with Crippen LogP contribution in [0.15, 0.2) is 77.7 Å². The highest BCUT2D eigenvalue weighted by molar-refractivity contribution is 7.92. The fraction of sp³-hybridized carbons (Fsp3) is 0.333. The van der Waals surface area contributed by atoms with Crippen molar-refractivity contribution < 1.29 is 22.7 Å². The molecule has 218 valence electrons. The summed E-state index contributed by atoms with van der Waals surface area (Å²) >= 11 is 12.1. The third-order valence-electron chi connectivity index (χ3n) is 7.18. The van der Waals surface area contributed by atoms with E-state index in [9.17, 15) is 18.0 Å².